The Labute approximate surface area is 124 Å². The normalized spacial score (nSPS) is 16.4. The first-order chi connectivity index (χ1) is 10.3. The van der Waals surface area contributed by atoms with Crippen molar-refractivity contribution in [3.8, 4) is 5.95 Å². The Morgan fingerprint density at radius 1 is 1.05 bits per heavy atom. The molecule has 1 aliphatic rings. The van der Waals surface area contributed by atoms with E-state index in [1.807, 2.05) is 13.2 Å². The Balaban J connectivity index is 1.82. The standard InChI is InChI=1S/C14H21N7/c1-15-12-18-13(17-11-6-4-2-3-5-7-11)20-14(19-12)21-9-8-16-10-21/h8-11H,2-7H2,1H3,(H2,15,17,18,19,20). The molecule has 0 aromatic carbocycles. The molecule has 1 aliphatic carbocycles. The summed E-state index contributed by atoms with van der Waals surface area (Å²) < 4.78 is 1.78. The van der Waals surface area contributed by atoms with Crippen LogP contribution in [0.15, 0.2) is 18.7 Å². The smallest absolute Gasteiger partial charge is 0.241 e. The van der Waals surface area contributed by atoms with Gasteiger partial charge in [0.05, 0.1) is 0 Å². The molecule has 0 radical (unpaired) electrons. The summed E-state index contributed by atoms with van der Waals surface area (Å²) in [7, 11) is 1.81. The van der Waals surface area contributed by atoms with Crippen LogP contribution in [0.25, 0.3) is 5.95 Å². The van der Waals surface area contributed by atoms with E-state index in [1.165, 1.54) is 38.5 Å². The minimum atomic E-state index is 0.454. The largest absolute Gasteiger partial charge is 0.357 e. The van der Waals surface area contributed by atoms with Gasteiger partial charge in [-0.1, -0.05) is 25.7 Å². The van der Waals surface area contributed by atoms with Gasteiger partial charge in [-0.3, -0.25) is 4.57 Å². The minimum Gasteiger partial charge on any atom is -0.357 e. The van der Waals surface area contributed by atoms with E-state index >= 15 is 0 Å². The maximum Gasteiger partial charge on any atom is 0.241 e. The van der Waals surface area contributed by atoms with Gasteiger partial charge >= 0.3 is 0 Å². The fraction of sp³-hybridized carbons (Fsp3) is 0.571. The molecule has 0 atom stereocenters. The summed E-state index contributed by atoms with van der Waals surface area (Å²) >= 11 is 0. The molecule has 3 rings (SSSR count). The van der Waals surface area contributed by atoms with Crippen LogP contribution in [0.2, 0.25) is 0 Å². The Morgan fingerprint density at radius 2 is 1.81 bits per heavy atom. The number of imidazole rings is 1. The monoisotopic (exact) mass is 287 g/mol. The first kappa shape index (κ1) is 13.8. The number of hydrogen-bond donors (Lipinski definition) is 2. The number of rotatable bonds is 4. The first-order valence-electron chi connectivity index (χ1n) is 7.54. The van der Waals surface area contributed by atoms with Crippen LogP contribution in [0.3, 0.4) is 0 Å². The number of hydrogen-bond acceptors (Lipinski definition) is 6. The lowest BCUT2D eigenvalue weighted by Crippen LogP contribution is -2.21. The molecule has 0 aliphatic heterocycles. The second-order valence-electron chi connectivity index (χ2n) is 5.34. The zero-order valence-corrected chi connectivity index (χ0v) is 12.3. The quantitative estimate of drug-likeness (QED) is 0.839. The van der Waals surface area contributed by atoms with Crippen molar-refractivity contribution in [2.75, 3.05) is 17.7 Å². The molecule has 0 bridgehead atoms. The molecule has 112 valence electrons. The van der Waals surface area contributed by atoms with Gasteiger partial charge in [0.25, 0.3) is 0 Å². The van der Waals surface area contributed by atoms with Gasteiger partial charge in [0.15, 0.2) is 0 Å². The van der Waals surface area contributed by atoms with E-state index in [0.29, 0.717) is 23.9 Å². The highest BCUT2D eigenvalue weighted by atomic mass is 15.3. The van der Waals surface area contributed by atoms with Crippen LogP contribution in [-0.2, 0) is 0 Å². The molecule has 0 saturated heterocycles. The van der Waals surface area contributed by atoms with Crippen molar-refractivity contribution in [1.29, 1.82) is 0 Å². The highest BCUT2D eigenvalue weighted by molar-refractivity contribution is 5.38. The van der Waals surface area contributed by atoms with E-state index in [4.69, 9.17) is 0 Å². The lowest BCUT2D eigenvalue weighted by molar-refractivity contribution is 0.614. The summed E-state index contributed by atoms with van der Waals surface area (Å²) in [6.45, 7) is 0. The van der Waals surface area contributed by atoms with Crippen molar-refractivity contribution in [2.24, 2.45) is 0 Å². The minimum absolute atomic E-state index is 0.454. The fourth-order valence-corrected chi connectivity index (χ4v) is 2.64. The van der Waals surface area contributed by atoms with Gasteiger partial charge in [0.1, 0.15) is 6.33 Å². The lowest BCUT2D eigenvalue weighted by atomic mass is 10.1. The summed E-state index contributed by atoms with van der Waals surface area (Å²) in [6, 6.07) is 0.454. The highest BCUT2D eigenvalue weighted by Crippen LogP contribution is 2.20. The van der Waals surface area contributed by atoms with Crippen molar-refractivity contribution in [3.05, 3.63) is 18.7 Å². The zero-order valence-electron chi connectivity index (χ0n) is 12.3. The fourth-order valence-electron chi connectivity index (χ4n) is 2.64. The molecular formula is C14H21N7. The summed E-state index contributed by atoms with van der Waals surface area (Å²) in [5, 5.41) is 6.45. The van der Waals surface area contributed by atoms with Crippen molar-refractivity contribution in [1.82, 2.24) is 24.5 Å². The summed E-state index contributed by atoms with van der Waals surface area (Å²) in [6.07, 6.45) is 12.8. The van der Waals surface area contributed by atoms with E-state index in [9.17, 15) is 0 Å². The predicted octanol–water partition coefficient (Wildman–Crippen LogP) is 2.23. The molecule has 0 spiro atoms. The second kappa shape index (κ2) is 6.51. The molecule has 21 heavy (non-hydrogen) atoms. The third-order valence-electron chi connectivity index (χ3n) is 3.77. The third-order valence-corrected chi connectivity index (χ3v) is 3.77. The van der Waals surface area contributed by atoms with E-state index in [1.54, 1.807) is 17.1 Å². The molecule has 1 fully saturated rings. The lowest BCUT2D eigenvalue weighted by Gasteiger charge is -2.16. The molecule has 2 heterocycles. The molecule has 7 nitrogen and oxygen atoms in total. The van der Waals surface area contributed by atoms with Crippen LogP contribution in [0.5, 0.6) is 0 Å². The van der Waals surface area contributed by atoms with Gasteiger partial charge < -0.3 is 10.6 Å². The van der Waals surface area contributed by atoms with Gasteiger partial charge in [-0.15, -0.1) is 0 Å². The van der Waals surface area contributed by atoms with Crippen LogP contribution in [0, 0.1) is 0 Å². The van der Waals surface area contributed by atoms with Gasteiger partial charge in [-0.2, -0.15) is 15.0 Å². The van der Waals surface area contributed by atoms with Gasteiger partial charge in [-0.25, -0.2) is 4.98 Å². The Morgan fingerprint density at radius 3 is 2.48 bits per heavy atom. The zero-order chi connectivity index (χ0) is 14.5. The average Bonchev–Trinajstić information content (AvgIpc) is 2.93. The van der Waals surface area contributed by atoms with Crippen LogP contribution in [0.1, 0.15) is 38.5 Å². The van der Waals surface area contributed by atoms with Crippen LogP contribution in [-0.4, -0.2) is 37.6 Å². The second-order valence-corrected chi connectivity index (χ2v) is 5.34. The predicted molar refractivity (Wildman–Crippen MR) is 81.6 cm³/mol. The van der Waals surface area contributed by atoms with Crippen molar-refractivity contribution >= 4 is 11.9 Å². The van der Waals surface area contributed by atoms with Gasteiger partial charge in [-0.05, 0) is 12.8 Å². The molecule has 2 N–H and O–H groups in total. The van der Waals surface area contributed by atoms with Crippen LogP contribution < -0.4 is 10.6 Å². The number of anilines is 2. The average molecular weight is 287 g/mol. The van der Waals surface area contributed by atoms with Gasteiger partial charge in [0, 0.05) is 25.5 Å². The summed E-state index contributed by atoms with van der Waals surface area (Å²) in [5.74, 6) is 1.76. The topological polar surface area (TPSA) is 80.5 Å². The SMILES string of the molecule is CNc1nc(NC2CCCCCC2)nc(-n2ccnc2)n1. The molecule has 0 amide bonds. The number of nitrogens with one attached hydrogen (secondary N) is 2. The number of aromatic nitrogens is 5. The van der Waals surface area contributed by atoms with Crippen LogP contribution in [0.4, 0.5) is 11.9 Å². The Hall–Kier alpha value is -2.18. The maximum absolute atomic E-state index is 4.50. The first-order valence-corrected chi connectivity index (χ1v) is 7.54. The van der Waals surface area contributed by atoms with E-state index < -0.39 is 0 Å². The summed E-state index contributed by atoms with van der Waals surface area (Å²) in [5.41, 5.74) is 0. The molecular weight excluding hydrogens is 266 g/mol. The van der Waals surface area contributed by atoms with Crippen molar-refractivity contribution in [2.45, 2.75) is 44.6 Å². The molecule has 2 aromatic rings. The molecule has 1 saturated carbocycles. The molecule has 2 aromatic heterocycles. The molecule has 0 unspecified atom stereocenters. The van der Waals surface area contributed by atoms with E-state index in [2.05, 4.69) is 30.6 Å². The Kier molecular flexibility index (Phi) is 4.28. The number of nitrogens with zero attached hydrogens (tertiary/aromatic N) is 5. The maximum atomic E-state index is 4.50. The molecule has 7 heteroatoms. The van der Waals surface area contributed by atoms with Crippen molar-refractivity contribution in [3.63, 3.8) is 0 Å². The Bertz CT molecular complexity index is 559. The van der Waals surface area contributed by atoms with E-state index in [-0.39, 0.29) is 0 Å². The highest BCUT2D eigenvalue weighted by Gasteiger charge is 2.14. The van der Waals surface area contributed by atoms with Crippen LogP contribution >= 0.6 is 0 Å². The van der Waals surface area contributed by atoms with Crippen molar-refractivity contribution < 1.29 is 0 Å². The van der Waals surface area contributed by atoms with E-state index in [0.717, 1.165) is 0 Å². The third kappa shape index (κ3) is 3.48. The van der Waals surface area contributed by atoms with Gasteiger partial charge in [0.2, 0.25) is 17.8 Å². The summed E-state index contributed by atoms with van der Waals surface area (Å²) in [4.78, 5) is 17.3.